The monoisotopic (exact) mass is 367 g/mol. The summed E-state index contributed by atoms with van der Waals surface area (Å²) in [5.74, 6) is 0.110. The molecule has 0 aliphatic rings. The molecule has 0 atom stereocenters. The van der Waals surface area contributed by atoms with Crippen LogP contribution in [-0.2, 0) is 0 Å². The van der Waals surface area contributed by atoms with Gasteiger partial charge in [0.25, 0.3) is 5.69 Å². The number of hydrogen-bond acceptors (Lipinski definition) is 6. The summed E-state index contributed by atoms with van der Waals surface area (Å²) in [6.45, 7) is 0. The summed E-state index contributed by atoms with van der Waals surface area (Å²) in [7, 11) is 0. The average Bonchev–Trinajstić information content (AvgIpc) is 3.20. The fourth-order valence-electron chi connectivity index (χ4n) is 2.38. The fraction of sp³-hybridized carbons (Fsp3) is 0. The molecule has 0 aliphatic carbocycles. The van der Waals surface area contributed by atoms with Crippen LogP contribution in [0.15, 0.2) is 48.5 Å². The van der Waals surface area contributed by atoms with Crippen molar-refractivity contribution >= 4 is 34.1 Å². The van der Waals surface area contributed by atoms with Crippen LogP contribution in [0.4, 0.5) is 10.1 Å². The van der Waals surface area contributed by atoms with Crippen molar-refractivity contribution in [3.8, 4) is 11.4 Å². The summed E-state index contributed by atoms with van der Waals surface area (Å²) in [6, 6.07) is 12.3. The highest BCUT2D eigenvalue weighted by atomic mass is 32.1. The standard InChI is InChI=1S/C17H10FN5O2S/c18-13-3-1-2-12(10-13)16-19-20-17-22(16)21-15(26-17)9-6-11-4-7-14(8-5-11)23(24)25/h1-10H/b9-6+. The number of benzene rings is 2. The van der Waals surface area contributed by atoms with Crippen LogP contribution >= 0.6 is 11.3 Å². The number of fused-ring (bicyclic) bond motifs is 1. The number of halogens is 1. The summed E-state index contributed by atoms with van der Waals surface area (Å²) >= 11 is 1.33. The van der Waals surface area contributed by atoms with Crippen LogP contribution in [0.1, 0.15) is 10.6 Å². The van der Waals surface area contributed by atoms with Gasteiger partial charge in [-0.2, -0.15) is 9.61 Å². The van der Waals surface area contributed by atoms with Crippen LogP contribution in [-0.4, -0.2) is 24.7 Å². The van der Waals surface area contributed by atoms with Crippen molar-refractivity contribution in [1.82, 2.24) is 19.8 Å². The minimum atomic E-state index is -0.440. The zero-order valence-electron chi connectivity index (χ0n) is 13.1. The first-order chi connectivity index (χ1) is 12.6. The maximum Gasteiger partial charge on any atom is 0.269 e. The Morgan fingerprint density at radius 1 is 1.12 bits per heavy atom. The highest BCUT2D eigenvalue weighted by Gasteiger charge is 2.12. The molecule has 0 fully saturated rings. The van der Waals surface area contributed by atoms with Gasteiger partial charge >= 0.3 is 0 Å². The Labute approximate surface area is 150 Å². The first-order valence-electron chi connectivity index (χ1n) is 7.51. The number of non-ortho nitro benzene ring substituents is 1. The van der Waals surface area contributed by atoms with Gasteiger partial charge in [-0.25, -0.2) is 4.39 Å². The van der Waals surface area contributed by atoms with Crippen LogP contribution in [0.3, 0.4) is 0 Å². The topological polar surface area (TPSA) is 86.2 Å². The fourth-order valence-corrected chi connectivity index (χ4v) is 3.12. The van der Waals surface area contributed by atoms with E-state index in [9.17, 15) is 14.5 Å². The SMILES string of the molecule is O=[N+]([O-])c1ccc(/C=C/c2nn3c(-c4cccc(F)c4)nnc3s2)cc1. The van der Waals surface area contributed by atoms with Crippen molar-refractivity contribution in [3.63, 3.8) is 0 Å². The van der Waals surface area contributed by atoms with Gasteiger partial charge in [0.05, 0.1) is 4.92 Å². The first-order valence-corrected chi connectivity index (χ1v) is 8.32. The molecule has 0 amide bonds. The molecule has 0 bridgehead atoms. The molecule has 4 rings (SSSR count). The van der Waals surface area contributed by atoms with E-state index in [4.69, 9.17) is 0 Å². The lowest BCUT2D eigenvalue weighted by molar-refractivity contribution is -0.384. The Hall–Kier alpha value is -3.46. The van der Waals surface area contributed by atoms with Crippen molar-refractivity contribution in [1.29, 1.82) is 0 Å². The number of nitro benzene ring substituents is 1. The molecule has 0 spiro atoms. The van der Waals surface area contributed by atoms with Crippen molar-refractivity contribution in [2.24, 2.45) is 0 Å². The lowest BCUT2D eigenvalue weighted by atomic mass is 10.2. The van der Waals surface area contributed by atoms with Gasteiger partial charge in [-0.15, -0.1) is 10.2 Å². The summed E-state index contributed by atoms with van der Waals surface area (Å²) < 4.78 is 15.0. The molecule has 7 nitrogen and oxygen atoms in total. The van der Waals surface area contributed by atoms with Gasteiger partial charge in [-0.05, 0) is 35.9 Å². The van der Waals surface area contributed by atoms with Gasteiger partial charge in [0.1, 0.15) is 10.8 Å². The lowest BCUT2D eigenvalue weighted by Gasteiger charge is -1.96. The molecule has 2 aromatic carbocycles. The zero-order chi connectivity index (χ0) is 18.1. The van der Waals surface area contributed by atoms with Gasteiger partial charge in [0.2, 0.25) is 4.96 Å². The number of rotatable bonds is 4. The quantitative estimate of drug-likeness (QED) is 0.401. The first kappa shape index (κ1) is 16.0. The third kappa shape index (κ3) is 3.07. The van der Waals surface area contributed by atoms with E-state index in [1.165, 1.54) is 35.6 Å². The second-order valence-corrected chi connectivity index (χ2v) is 6.34. The van der Waals surface area contributed by atoms with Crippen LogP contribution in [0, 0.1) is 15.9 Å². The van der Waals surface area contributed by atoms with E-state index in [-0.39, 0.29) is 11.5 Å². The van der Waals surface area contributed by atoms with Gasteiger partial charge in [-0.1, -0.05) is 29.5 Å². The van der Waals surface area contributed by atoms with Crippen molar-refractivity contribution in [3.05, 3.63) is 75.0 Å². The predicted molar refractivity (Wildman–Crippen MR) is 96.1 cm³/mol. The van der Waals surface area contributed by atoms with E-state index < -0.39 is 4.92 Å². The van der Waals surface area contributed by atoms with Crippen molar-refractivity contribution in [2.45, 2.75) is 0 Å². The Kier molecular flexibility index (Phi) is 3.98. The molecule has 0 saturated heterocycles. The van der Waals surface area contributed by atoms with E-state index >= 15 is 0 Å². The number of nitro groups is 1. The molecule has 0 saturated carbocycles. The van der Waals surface area contributed by atoms with E-state index in [0.29, 0.717) is 21.4 Å². The van der Waals surface area contributed by atoms with Crippen LogP contribution < -0.4 is 0 Å². The molecule has 4 aromatic rings. The largest absolute Gasteiger partial charge is 0.269 e. The molecule has 26 heavy (non-hydrogen) atoms. The molecule has 2 aromatic heterocycles. The molecule has 128 valence electrons. The molecule has 0 N–H and O–H groups in total. The van der Waals surface area contributed by atoms with Gasteiger partial charge in [0, 0.05) is 17.7 Å². The normalized spacial score (nSPS) is 11.4. The minimum absolute atomic E-state index is 0.0423. The second kappa shape index (κ2) is 6.45. The van der Waals surface area contributed by atoms with E-state index in [1.54, 1.807) is 40.9 Å². The second-order valence-electron chi connectivity index (χ2n) is 5.35. The van der Waals surface area contributed by atoms with E-state index in [1.807, 2.05) is 0 Å². The van der Waals surface area contributed by atoms with E-state index in [0.717, 1.165) is 5.56 Å². The number of aromatic nitrogens is 4. The Morgan fingerprint density at radius 3 is 2.65 bits per heavy atom. The summed E-state index contributed by atoms with van der Waals surface area (Å²) in [5, 5.41) is 23.9. The van der Waals surface area contributed by atoms with Crippen LogP contribution in [0.2, 0.25) is 0 Å². The Bertz CT molecular complexity index is 1130. The summed E-state index contributed by atoms with van der Waals surface area (Å²) in [5.41, 5.74) is 1.45. The third-order valence-electron chi connectivity index (χ3n) is 3.61. The smallest absolute Gasteiger partial charge is 0.258 e. The molecule has 0 aliphatic heterocycles. The number of hydrogen-bond donors (Lipinski definition) is 0. The highest BCUT2D eigenvalue weighted by Crippen LogP contribution is 2.23. The molecule has 2 heterocycles. The van der Waals surface area contributed by atoms with Crippen molar-refractivity contribution < 1.29 is 9.31 Å². The molecular formula is C17H10FN5O2S. The lowest BCUT2D eigenvalue weighted by Crippen LogP contribution is -1.91. The molecule has 0 unspecified atom stereocenters. The van der Waals surface area contributed by atoms with Gasteiger partial charge < -0.3 is 0 Å². The van der Waals surface area contributed by atoms with Gasteiger partial charge in [-0.3, -0.25) is 10.1 Å². The summed E-state index contributed by atoms with van der Waals surface area (Å²) in [6.07, 6.45) is 3.59. The van der Waals surface area contributed by atoms with Crippen LogP contribution in [0.5, 0.6) is 0 Å². The highest BCUT2D eigenvalue weighted by molar-refractivity contribution is 7.17. The van der Waals surface area contributed by atoms with Gasteiger partial charge in [0.15, 0.2) is 5.82 Å². The van der Waals surface area contributed by atoms with Crippen molar-refractivity contribution in [2.75, 3.05) is 0 Å². The number of nitrogens with zero attached hydrogens (tertiary/aromatic N) is 5. The maximum absolute atomic E-state index is 13.4. The Balaban J connectivity index is 1.63. The Morgan fingerprint density at radius 2 is 1.92 bits per heavy atom. The molecule has 0 radical (unpaired) electrons. The van der Waals surface area contributed by atoms with E-state index in [2.05, 4.69) is 15.3 Å². The average molecular weight is 367 g/mol. The van der Waals surface area contributed by atoms with Crippen LogP contribution in [0.25, 0.3) is 28.5 Å². The maximum atomic E-state index is 13.4. The predicted octanol–water partition coefficient (Wildman–Crippen LogP) is 4.07. The molecular weight excluding hydrogens is 357 g/mol. The third-order valence-corrected chi connectivity index (χ3v) is 4.48. The summed E-state index contributed by atoms with van der Waals surface area (Å²) in [4.78, 5) is 10.8. The minimum Gasteiger partial charge on any atom is -0.258 e. The zero-order valence-corrected chi connectivity index (χ0v) is 13.9. The molecule has 9 heteroatoms.